The quantitative estimate of drug-likeness (QED) is 0.789. The van der Waals surface area contributed by atoms with Crippen molar-refractivity contribution < 1.29 is 13.2 Å². The summed E-state index contributed by atoms with van der Waals surface area (Å²) in [5.41, 5.74) is 6.16. The molecule has 0 spiro atoms. The van der Waals surface area contributed by atoms with Gasteiger partial charge in [0.2, 0.25) is 10.0 Å². The number of sulfonamides is 1. The van der Waals surface area contributed by atoms with Gasteiger partial charge in [0, 0.05) is 17.3 Å². The number of benzene rings is 1. The van der Waals surface area contributed by atoms with E-state index >= 15 is 0 Å². The molecular formula is C11H13N3O3S2. The third-order valence-corrected chi connectivity index (χ3v) is 4.20. The van der Waals surface area contributed by atoms with E-state index in [1.165, 1.54) is 17.5 Å². The third-order valence-electron chi connectivity index (χ3n) is 2.18. The van der Waals surface area contributed by atoms with Crippen LogP contribution in [-0.4, -0.2) is 25.8 Å². The van der Waals surface area contributed by atoms with Crippen LogP contribution in [0, 0.1) is 0 Å². The number of ether oxygens (including phenoxy) is 1. The third kappa shape index (κ3) is 4.42. The van der Waals surface area contributed by atoms with Gasteiger partial charge in [0.25, 0.3) is 0 Å². The van der Waals surface area contributed by atoms with Crippen LogP contribution < -0.4 is 15.2 Å². The van der Waals surface area contributed by atoms with Crippen molar-refractivity contribution in [1.82, 2.24) is 4.98 Å². The summed E-state index contributed by atoms with van der Waals surface area (Å²) in [5.74, 6) is 0.440. The zero-order valence-corrected chi connectivity index (χ0v) is 11.6. The van der Waals surface area contributed by atoms with E-state index in [4.69, 9.17) is 10.5 Å². The highest BCUT2D eigenvalue weighted by atomic mass is 32.2. The van der Waals surface area contributed by atoms with E-state index in [1.807, 2.05) is 0 Å². The molecule has 1 aromatic heterocycles. The molecule has 2 aromatic rings. The molecule has 0 saturated heterocycles. The molecule has 0 aliphatic carbocycles. The first-order chi connectivity index (χ1) is 9.05. The van der Waals surface area contributed by atoms with E-state index in [9.17, 15) is 8.42 Å². The maximum Gasteiger partial charge on any atom is 0.237 e. The number of rotatable bonds is 6. The molecule has 0 amide bonds. The minimum absolute atomic E-state index is 0.0601. The van der Waals surface area contributed by atoms with Gasteiger partial charge in [-0.2, -0.15) is 0 Å². The number of aromatic nitrogens is 1. The summed E-state index contributed by atoms with van der Waals surface area (Å²) in [6.07, 6.45) is 1.54. The van der Waals surface area contributed by atoms with Gasteiger partial charge in [-0.25, -0.2) is 13.4 Å². The lowest BCUT2D eigenvalue weighted by atomic mass is 10.3. The summed E-state index contributed by atoms with van der Waals surface area (Å²) in [7, 11) is -3.43. The molecule has 0 aliphatic rings. The predicted molar refractivity (Wildman–Crippen MR) is 75.9 cm³/mol. The first-order valence-corrected chi connectivity index (χ1v) is 7.97. The van der Waals surface area contributed by atoms with Gasteiger partial charge in [-0.1, -0.05) is 0 Å². The summed E-state index contributed by atoms with van der Waals surface area (Å²) in [6, 6.07) is 6.77. The Hall–Kier alpha value is -1.80. The maximum atomic E-state index is 11.7. The van der Waals surface area contributed by atoms with Crippen LogP contribution in [0.2, 0.25) is 0 Å². The Balaban J connectivity index is 1.83. The molecule has 0 atom stereocenters. The zero-order valence-electron chi connectivity index (χ0n) is 9.94. The zero-order chi connectivity index (χ0) is 13.7. The topological polar surface area (TPSA) is 94.3 Å². The number of nitrogens with one attached hydrogen (secondary N) is 1. The van der Waals surface area contributed by atoms with Gasteiger partial charge >= 0.3 is 0 Å². The van der Waals surface area contributed by atoms with E-state index in [2.05, 4.69) is 9.71 Å². The van der Waals surface area contributed by atoms with Gasteiger partial charge in [-0.3, -0.25) is 4.72 Å². The Morgan fingerprint density at radius 2 is 2.05 bits per heavy atom. The highest BCUT2D eigenvalue weighted by molar-refractivity contribution is 7.92. The average Bonchev–Trinajstić information content (AvgIpc) is 2.83. The van der Waals surface area contributed by atoms with Crippen LogP contribution in [0.25, 0.3) is 0 Å². The van der Waals surface area contributed by atoms with E-state index in [0.29, 0.717) is 16.6 Å². The lowest BCUT2D eigenvalue weighted by Gasteiger charge is -2.07. The largest absolute Gasteiger partial charge is 0.492 e. The van der Waals surface area contributed by atoms with E-state index < -0.39 is 10.0 Å². The highest BCUT2D eigenvalue weighted by Crippen LogP contribution is 2.14. The molecule has 6 nitrogen and oxygen atoms in total. The van der Waals surface area contributed by atoms with Crippen molar-refractivity contribution in [2.45, 2.75) is 0 Å². The molecule has 0 aliphatic heterocycles. The first kappa shape index (κ1) is 13.6. The van der Waals surface area contributed by atoms with Crippen molar-refractivity contribution in [2.24, 2.45) is 0 Å². The summed E-state index contributed by atoms with van der Waals surface area (Å²) >= 11 is 1.23. The van der Waals surface area contributed by atoms with Gasteiger partial charge in [0.1, 0.15) is 18.1 Å². The molecular weight excluding hydrogens is 286 g/mol. The molecule has 3 N–H and O–H groups in total. The Morgan fingerprint density at radius 1 is 1.32 bits per heavy atom. The van der Waals surface area contributed by atoms with Gasteiger partial charge in [-0.15, -0.1) is 11.3 Å². The number of anilines is 2. The van der Waals surface area contributed by atoms with Gasteiger partial charge in [0.15, 0.2) is 5.13 Å². The van der Waals surface area contributed by atoms with E-state index in [1.54, 1.807) is 29.6 Å². The molecule has 1 heterocycles. The Bertz CT molecular complexity index is 609. The van der Waals surface area contributed by atoms with Crippen LogP contribution in [0.4, 0.5) is 10.8 Å². The standard InChI is InChI=1S/C11H13N3O3S2/c12-9-1-3-10(4-2-9)17-6-8-19(15,16)14-11-13-5-7-18-11/h1-5,7H,6,8,12H2,(H,13,14). The van der Waals surface area contributed by atoms with Crippen molar-refractivity contribution in [3.63, 3.8) is 0 Å². The van der Waals surface area contributed by atoms with Crippen molar-refractivity contribution in [1.29, 1.82) is 0 Å². The smallest absolute Gasteiger partial charge is 0.237 e. The molecule has 102 valence electrons. The molecule has 0 saturated carbocycles. The average molecular weight is 299 g/mol. The molecule has 2 rings (SSSR count). The lowest BCUT2D eigenvalue weighted by molar-refractivity contribution is 0.341. The monoisotopic (exact) mass is 299 g/mol. The fraction of sp³-hybridized carbons (Fsp3) is 0.182. The summed E-state index contributed by atoms with van der Waals surface area (Å²) in [5, 5.41) is 2.05. The minimum atomic E-state index is -3.43. The van der Waals surface area contributed by atoms with Crippen LogP contribution >= 0.6 is 11.3 Å². The van der Waals surface area contributed by atoms with E-state index in [-0.39, 0.29) is 12.4 Å². The molecule has 8 heteroatoms. The molecule has 0 radical (unpaired) electrons. The molecule has 0 unspecified atom stereocenters. The Kier molecular flexibility index (Phi) is 4.23. The van der Waals surface area contributed by atoms with Gasteiger partial charge in [0.05, 0.1) is 0 Å². The number of thiazole rings is 1. The minimum Gasteiger partial charge on any atom is -0.492 e. The number of nitrogen functional groups attached to an aromatic ring is 1. The fourth-order valence-electron chi connectivity index (χ4n) is 1.29. The van der Waals surface area contributed by atoms with Crippen molar-refractivity contribution in [3.05, 3.63) is 35.8 Å². The second-order valence-electron chi connectivity index (χ2n) is 3.68. The van der Waals surface area contributed by atoms with Crippen LogP contribution in [-0.2, 0) is 10.0 Å². The molecule has 0 fully saturated rings. The van der Waals surface area contributed by atoms with Gasteiger partial charge in [-0.05, 0) is 24.3 Å². The van der Waals surface area contributed by atoms with Crippen molar-refractivity contribution in [2.75, 3.05) is 22.8 Å². The predicted octanol–water partition coefficient (Wildman–Crippen LogP) is 1.55. The Labute approximate surface area is 115 Å². The van der Waals surface area contributed by atoms with E-state index in [0.717, 1.165) is 0 Å². The van der Waals surface area contributed by atoms with Crippen LogP contribution in [0.5, 0.6) is 5.75 Å². The lowest BCUT2D eigenvalue weighted by Crippen LogP contribution is -2.21. The fourth-order valence-corrected chi connectivity index (χ4v) is 2.96. The second-order valence-corrected chi connectivity index (χ2v) is 6.41. The summed E-state index contributed by atoms with van der Waals surface area (Å²) in [6.45, 7) is 0.0601. The summed E-state index contributed by atoms with van der Waals surface area (Å²) in [4.78, 5) is 3.85. The Morgan fingerprint density at radius 3 is 2.68 bits per heavy atom. The second kappa shape index (κ2) is 5.89. The van der Waals surface area contributed by atoms with Crippen LogP contribution in [0.3, 0.4) is 0 Å². The molecule has 1 aromatic carbocycles. The van der Waals surface area contributed by atoms with Crippen LogP contribution in [0.1, 0.15) is 0 Å². The number of hydrogen-bond donors (Lipinski definition) is 2. The van der Waals surface area contributed by atoms with Crippen molar-refractivity contribution in [3.8, 4) is 5.75 Å². The normalized spacial score (nSPS) is 11.2. The SMILES string of the molecule is Nc1ccc(OCCS(=O)(=O)Nc2nccs2)cc1. The number of nitrogens with zero attached hydrogens (tertiary/aromatic N) is 1. The van der Waals surface area contributed by atoms with Crippen LogP contribution in [0.15, 0.2) is 35.8 Å². The van der Waals surface area contributed by atoms with Gasteiger partial charge < -0.3 is 10.5 Å². The van der Waals surface area contributed by atoms with Crippen molar-refractivity contribution >= 4 is 32.2 Å². The number of nitrogens with two attached hydrogens (primary N) is 1. The highest BCUT2D eigenvalue weighted by Gasteiger charge is 2.12. The maximum absolute atomic E-state index is 11.7. The number of hydrogen-bond acceptors (Lipinski definition) is 6. The molecule has 19 heavy (non-hydrogen) atoms. The molecule has 0 bridgehead atoms. The summed E-state index contributed by atoms with van der Waals surface area (Å²) < 4.78 is 31.1. The first-order valence-electron chi connectivity index (χ1n) is 5.43.